The summed E-state index contributed by atoms with van der Waals surface area (Å²) in [6, 6.07) is 12.8. The minimum Gasteiger partial charge on any atom is -0.423 e. The van der Waals surface area contributed by atoms with Crippen LogP contribution in [-0.2, 0) is 0 Å². The SMILES string of the molecule is Cc1onc(-c2ccccc2Cl)c1C(=O)Oc1ccc(N(C)C(N)=O)cc1. The van der Waals surface area contributed by atoms with Crippen LogP contribution in [0.15, 0.2) is 53.1 Å². The molecule has 0 unspecified atom stereocenters. The van der Waals surface area contributed by atoms with Crippen molar-refractivity contribution in [1.82, 2.24) is 5.16 Å². The monoisotopic (exact) mass is 385 g/mol. The molecular formula is C19H16ClN3O4. The number of aromatic nitrogens is 1. The predicted molar refractivity (Wildman–Crippen MR) is 101 cm³/mol. The highest BCUT2D eigenvalue weighted by Gasteiger charge is 2.24. The molecular weight excluding hydrogens is 370 g/mol. The van der Waals surface area contributed by atoms with Crippen molar-refractivity contribution in [3.05, 3.63) is 64.9 Å². The first kappa shape index (κ1) is 18.5. The van der Waals surface area contributed by atoms with Gasteiger partial charge in [0.2, 0.25) is 0 Å². The van der Waals surface area contributed by atoms with Gasteiger partial charge < -0.3 is 15.0 Å². The summed E-state index contributed by atoms with van der Waals surface area (Å²) in [4.78, 5) is 25.1. The summed E-state index contributed by atoms with van der Waals surface area (Å²) in [7, 11) is 1.54. The highest BCUT2D eigenvalue weighted by atomic mass is 35.5. The smallest absolute Gasteiger partial charge is 0.349 e. The van der Waals surface area contributed by atoms with E-state index >= 15 is 0 Å². The number of esters is 1. The molecule has 0 aliphatic heterocycles. The van der Waals surface area contributed by atoms with Crippen LogP contribution in [0.4, 0.5) is 10.5 Å². The molecule has 0 spiro atoms. The summed E-state index contributed by atoms with van der Waals surface area (Å²) < 4.78 is 10.6. The van der Waals surface area contributed by atoms with Gasteiger partial charge in [-0.25, -0.2) is 9.59 Å². The van der Waals surface area contributed by atoms with Gasteiger partial charge in [0.1, 0.15) is 22.8 Å². The number of primary amides is 1. The van der Waals surface area contributed by atoms with E-state index in [1.807, 2.05) is 0 Å². The standard InChI is InChI=1S/C19H16ClN3O4/c1-11-16(17(22-27-11)14-5-3-4-6-15(14)20)18(24)26-13-9-7-12(8-10-13)23(2)19(21)25/h3-10H,1-2H3,(H2,21,25). The molecule has 0 bridgehead atoms. The number of benzene rings is 2. The van der Waals surface area contributed by atoms with Crippen LogP contribution in [0.3, 0.4) is 0 Å². The molecule has 138 valence electrons. The number of anilines is 1. The van der Waals surface area contributed by atoms with Crippen LogP contribution >= 0.6 is 11.6 Å². The number of urea groups is 1. The van der Waals surface area contributed by atoms with E-state index in [2.05, 4.69) is 5.16 Å². The van der Waals surface area contributed by atoms with E-state index < -0.39 is 12.0 Å². The Morgan fingerprint density at radius 2 is 1.81 bits per heavy atom. The van der Waals surface area contributed by atoms with E-state index in [0.717, 1.165) is 0 Å². The molecule has 0 radical (unpaired) electrons. The zero-order valence-corrected chi connectivity index (χ0v) is 15.4. The molecule has 2 aromatic carbocycles. The second-order valence-electron chi connectivity index (χ2n) is 5.72. The van der Waals surface area contributed by atoms with Gasteiger partial charge in [-0.2, -0.15) is 0 Å². The van der Waals surface area contributed by atoms with Crippen LogP contribution in [0.2, 0.25) is 5.02 Å². The number of nitrogens with zero attached hydrogens (tertiary/aromatic N) is 2. The molecule has 0 aliphatic carbocycles. The lowest BCUT2D eigenvalue weighted by molar-refractivity contribution is 0.0733. The molecule has 8 heteroatoms. The fourth-order valence-electron chi connectivity index (χ4n) is 2.47. The number of carbonyl (C=O) groups excluding carboxylic acids is 2. The van der Waals surface area contributed by atoms with Crippen molar-refractivity contribution in [2.24, 2.45) is 5.73 Å². The molecule has 3 aromatic rings. The fourth-order valence-corrected chi connectivity index (χ4v) is 2.70. The maximum atomic E-state index is 12.7. The number of ether oxygens (including phenoxy) is 1. The molecule has 27 heavy (non-hydrogen) atoms. The van der Waals surface area contributed by atoms with Crippen LogP contribution in [0.1, 0.15) is 16.1 Å². The second kappa shape index (κ2) is 7.51. The summed E-state index contributed by atoms with van der Waals surface area (Å²) in [6.45, 7) is 1.62. The van der Waals surface area contributed by atoms with E-state index in [-0.39, 0.29) is 5.56 Å². The average Bonchev–Trinajstić information content (AvgIpc) is 3.03. The largest absolute Gasteiger partial charge is 0.423 e. The Balaban J connectivity index is 1.86. The first-order chi connectivity index (χ1) is 12.9. The Hall–Kier alpha value is -3.32. The molecule has 3 rings (SSSR count). The molecule has 0 atom stereocenters. The minimum absolute atomic E-state index is 0.196. The van der Waals surface area contributed by atoms with Crippen molar-refractivity contribution in [2.75, 3.05) is 11.9 Å². The van der Waals surface area contributed by atoms with E-state index in [9.17, 15) is 9.59 Å². The summed E-state index contributed by atoms with van der Waals surface area (Å²) >= 11 is 6.20. The number of carbonyl (C=O) groups is 2. The lowest BCUT2D eigenvalue weighted by Crippen LogP contribution is -2.31. The quantitative estimate of drug-likeness (QED) is 0.539. The normalized spacial score (nSPS) is 10.5. The fraction of sp³-hybridized carbons (Fsp3) is 0.105. The number of amides is 2. The van der Waals surface area contributed by atoms with Gasteiger partial charge in [-0.05, 0) is 37.3 Å². The van der Waals surface area contributed by atoms with E-state index in [1.165, 1.54) is 4.90 Å². The number of aryl methyl sites for hydroxylation is 1. The summed E-state index contributed by atoms with van der Waals surface area (Å²) in [5.74, 6) is -0.00740. The number of halogens is 1. The van der Waals surface area contributed by atoms with Gasteiger partial charge in [-0.3, -0.25) is 4.90 Å². The van der Waals surface area contributed by atoms with Crippen molar-refractivity contribution >= 4 is 29.3 Å². The lowest BCUT2D eigenvalue weighted by Gasteiger charge is -2.14. The molecule has 0 saturated carbocycles. The summed E-state index contributed by atoms with van der Waals surface area (Å²) in [5.41, 5.74) is 6.87. The third-order valence-electron chi connectivity index (χ3n) is 3.96. The van der Waals surface area contributed by atoms with Gasteiger partial charge in [0.05, 0.1) is 5.02 Å². The van der Waals surface area contributed by atoms with Crippen LogP contribution in [-0.4, -0.2) is 24.2 Å². The van der Waals surface area contributed by atoms with Gasteiger partial charge in [-0.1, -0.05) is 35.0 Å². The topological polar surface area (TPSA) is 98.7 Å². The molecule has 2 amide bonds. The molecule has 1 heterocycles. The van der Waals surface area contributed by atoms with E-state index in [0.29, 0.717) is 33.5 Å². The van der Waals surface area contributed by atoms with Crippen molar-refractivity contribution in [2.45, 2.75) is 6.92 Å². The van der Waals surface area contributed by atoms with Crippen LogP contribution in [0.5, 0.6) is 5.75 Å². The van der Waals surface area contributed by atoms with Crippen molar-refractivity contribution in [3.63, 3.8) is 0 Å². The number of hydrogen-bond acceptors (Lipinski definition) is 5. The predicted octanol–water partition coefficient (Wildman–Crippen LogP) is 4.04. The Morgan fingerprint density at radius 3 is 2.44 bits per heavy atom. The van der Waals surface area contributed by atoms with Crippen molar-refractivity contribution in [3.8, 4) is 17.0 Å². The average molecular weight is 386 g/mol. The minimum atomic E-state index is -0.625. The number of hydrogen-bond donors (Lipinski definition) is 1. The van der Waals surface area contributed by atoms with Crippen molar-refractivity contribution in [1.29, 1.82) is 0 Å². The van der Waals surface area contributed by atoms with Gasteiger partial charge in [0.25, 0.3) is 0 Å². The second-order valence-corrected chi connectivity index (χ2v) is 6.13. The number of nitrogens with two attached hydrogens (primary N) is 1. The highest BCUT2D eigenvalue weighted by molar-refractivity contribution is 6.33. The van der Waals surface area contributed by atoms with E-state index in [4.69, 9.17) is 26.6 Å². The summed E-state index contributed by atoms with van der Waals surface area (Å²) in [5, 5.41) is 4.39. The molecule has 7 nitrogen and oxygen atoms in total. The van der Waals surface area contributed by atoms with Gasteiger partial charge >= 0.3 is 12.0 Å². The molecule has 0 aliphatic rings. The molecule has 0 fully saturated rings. The summed E-state index contributed by atoms with van der Waals surface area (Å²) in [6.07, 6.45) is 0. The molecule has 2 N–H and O–H groups in total. The zero-order chi connectivity index (χ0) is 19.6. The van der Waals surface area contributed by atoms with Crippen LogP contribution in [0, 0.1) is 6.92 Å². The molecule has 0 saturated heterocycles. The Kier molecular flexibility index (Phi) is 5.14. The van der Waals surface area contributed by atoms with Crippen molar-refractivity contribution < 1.29 is 18.8 Å². The third-order valence-corrected chi connectivity index (χ3v) is 4.29. The first-order valence-electron chi connectivity index (χ1n) is 7.95. The first-order valence-corrected chi connectivity index (χ1v) is 8.33. The Bertz CT molecular complexity index is 998. The Morgan fingerprint density at radius 1 is 1.15 bits per heavy atom. The zero-order valence-electron chi connectivity index (χ0n) is 14.6. The maximum Gasteiger partial charge on any atom is 0.349 e. The third kappa shape index (κ3) is 3.78. The van der Waals surface area contributed by atoms with E-state index in [1.54, 1.807) is 62.5 Å². The van der Waals surface area contributed by atoms with Gasteiger partial charge in [-0.15, -0.1) is 0 Å². The molecule has 1 aromatic heterocycles. The Labute approximate surface area is 160 Å². The number of rotatable bonds is 4. The van der Waals surface area contributed by atoms with Gasteiger partial charge in [0.15, 0.2) is 0 Å². The maximum absolute atomic E-state index is 12.7. The lowest BCUT2D eigenvalue weighted by atomic mass is 10.1. The highest BCUT2D eigenvalue weighted by Crippen LogP contribution is 2.31. The van der Waals surface area contributed by atoms with Crippen LogP contribution in [0.25, 0.3) is 11.3 Å². The van der Waals surface area contributed by atoms with Crippen LogP contribution < -0.4 is 15.4 Å². The van der Waals surface area contributed by atoms with Gasteiger partial charge in [0, 0.05) is 18.3 Å².